The second kappa shape index (κ2) is 7.95. The highest BCUT2D eigenvalue weighted by Gasteiger charge is 2.14. The average molecular weight is 345 g/mol. The fourth-order valence-corrected chi connectivity index (χ4v) is 2.46. The van der Waals surface area contributed by atoms with Crippen LogP contribution in [0.25, 0.3) is 11.0 Å². The van der Waals surface area contributed by atoms with Crippen molar-refractivity contribution in [3.05, 3.63) is 60.2 Å². The van der Waals surface area contributed by atoms with Crippen molar-refractivity contribution in [3.8, 4) is 0 Å². The SMILES string of the molecule is CN(C)CCn1c(NC(=O)c2ccccc2)nc2ccccc21.Cl. The summed E-state index contributed by atoms with van der Waals surface area (Å²) in [6.07, 6.45) is 0. The number of hydrogen-bond acceptors (Lipinski definition) is 3. The first-order valence-electron chi connectivity index (χ1n) is 7.61. The summed E-state index contributed by atoms with van der Waals surface area (Å²) >= 11 is 0. The maximum absolute atomic E-state index is 12.4. The van der Waals surface area contributed by atoms with Crippen LogP contribution >= 0.6 is 12.4 Å². The van der Waals surface area contributed by atoms with Crippen molar-refractivity contribution in [2.45, 2.75) is 6.54 Å². The summed E-state index contributed by atoms with van der Waals surface area (Å²) in [5.74, 6) is 0.439. The van der Waals surface area contributed by atoms with Crippen LogP contribution in [-0.4, -0.2) is 41.0 Å². The lowest BCUT2D eigenvalue weighted by atomic mass is 10.2. The second-order valence-electron chi connectivity index (χ2n) is 5.70. The number of nitrogens with zero attached hydrogens (tertiary/aromatic N) is 3. The number of fused-ring (bicyclic) bond motifs is 1. The van der Waals surface area contributed by atoms with E-state index in [1.54, 1.807) is 12.1 Å². The molecule has 1 N–H and O–H groups in total. The van der Waals surface area contributed by atoms with Crippen molar-refractivity contribution in [3.63, 3.8) is 0 Å². The van der Waals surface area contributed by atoms with E-state index in [4.69, 9.17) is 0 Å². The van der Waals surface area contributed by atoms with Gasteiger partial charge in [0.05, 0.1) is 11.0 Å². The first-order chi connectivity index (χ1) is 11.1. The van der Waals surface area contributed by atoms with Crippen molar-refractivity contribution in [1.82, 2.24) is 14.5 Å². The summed E-state index contributed by atoms with van der Waals surface area (Å²) in [6.45, 7) is 1.63. The number of imidazole rings is 1. The standard InChI is InChI=1S/C18H20N4O.ClH/c1-21(2)12-13-22-16-11-7-6-10-15(16)19-18(22)20-17(23)14-8-4-3-5-9-14;/h3-11H,12-13H2,1-2H3,(H,19,20,23);1H. The molecule has 0 radical (unpaired) electrons. The molecule has 3 rings (SSSR count). The molecule has 6 heteroatoms. The van der Waals surface area contributed by atoms with Crippen molar-refractivity contribution in [2.24, 2.45) is 0 Å². The van der Waals surface area contributed by atoms with Crippen molar-refractivity contribution >= 4 is 35.3 Å². The smallest absolute Gasteiger partial charge is 0.257 e. The fourth-order valence-electron chi connectivity index (χ4n) is 2.46. The van der Waals surface area contributed by atoms with Crippen LogP contribution < -0.4 is 5.32 Å². The number of likely N-dealkylation sites (N-methyl/N-ethyl adjacent to an activating group) is 1. The predicted octanol–water partition coefficient (Wildman–Crippen LogP) is 3.27. The second-order valence-corrected chi connectivity index (χ2v) is 5.70. The number of benzene rings is 2. The maximum atomic E-state index is 12.4. The normalized spacial score (nSPS) is 10.6. The molecular weight excluding hydrogens is 324 g/mol. The highest BCUT2D eigenvalue weighted by Crippen LogP contribution is 2.20. The molecule has 1 heterocycles. The third-order valence-corrected chi connectivity index (χ3v) is 3.69. The number of para-hydroxylation sites is 2. The molecule has 24 heavy (non-hydrogen) atoms. The molecule has 0 fully saturated rings. The Morgan fingerprint density at radius 1 is 1.08 bits per heavy atom. The number of carbonyl (C=O) groups is 1. The van der Waals surface area contributed by atoms with E-state index in [2.05, 4.69) is 19.8 Å². The van der Waals surface area contributed by atoms with Gasteiger partial charge in [0.15, 0.2) is 0 Å². The molecule has 0 bridgehead atoms. The van der Waals surface area contributed by atoms with E-state index in [1.165, 1.54) is 0 Å². The Morgan fingerprint density at radius 3 is 2.46 bits per heavy atom. The zero-order valence-corrected chi connectivity index (χ0v) is 14.6. The van der Waals surface area contributed by atoms with Crippen LogP contribution in [0.2, 0.25) is 0 Å². The van der Waals surface area contributed by atoms with Crippen LogP contribution in [0.1, 0.15) is 10.4 Å². The third-order valence-electron chi connectivity index (χ3n) is 3.69. The van der Waals surface area contributed by atoms with Gasteiger partial charge in [0, 0.05) is 18.7 Å². The van der Waals surface area contributed by atoms with Gasteiger partial charge in [-0.3, -0.25) is 10.1 Å². The minimum absolute atomic E-state index is 0. The van der Waals surface area contributed by atoms with Gasteiger partial charge in [-0.25, -0.2) is 4.98 Å². The van der Waals surface area contributed by atoms with Gasteiger partial charge < -0.3 is 9.47 Å². The van der Waals surface area contributed by atoms with Gasteiger partial charge in [-0.15, -0.1) is 12.4 Å². The highest BCUT2D eigenvalue weighted by atomic mass is 35.5. The van der Waals surface area contributed by atoms with Crippen LogP contribution in [0.4, 0.5) is 5.95 Å². The number of carbonyl (C=O) groups excluding carboxylic acids is 1. The zero-order valence-electron chi connectivity index (χ0n) is 13.8. The Bertz CT molecular complexity index is 814. The molecule has 0 aliphatic rings. The summed E-state index contributed by atoms with van der Waals surface area (Å²) in [6, 6.07) is 17.1. The van der Waals surface area contributed by atoms with Crippen LogP contribution in [0, 0.1) is 0 Å². The van der Waals surface area contributed by atoms with Crippen LogP contribution in [-0.2, 0) is 6.54 Å². The quantitative estimate of drug-likeness (QED) is 0.772. The van der Waals surface area contributed by atoms with Gasteiger partial charge >= 0.3 is 0 Å². The maximum Gasteiger partial charge on any atom is 0.257 e. The molecule has 1 aromatic heterocycles. The number of nitrogens with one attached hydrogen (secondary N) is 1. The minimum atomic E-state index is -0.146. The largest absolute Gasteiger partial charge is 0.309 e. The molecule has 0 saturated heterocycles. The molecule has 0 saturated carbocycles. The Kier molecular flexibility index (Phi) is 5.95. The van der Waals surface area contributed by atoms with Gasteiger partial charge in [0.25, 0.3) is 5.91 Å². The van der Waals surface area contributed by atoms with E-state index >= 15 is 0 Å². The monoisotopic (exact) mass is 344 g/mol. The molecule has 1 amide bonds. The zero-order chi connectivity index (χ0) is 16.2. The molecule has 5 nitrogen and oxygen atoms in total. The lowest BCUT2D eigenvalue weighted by Crippen LogP contribution is -2.21. The predicted molar refractivity (Wildman–Crippen MR) is 99.9 cm³/mol. The van der Waals surface area contributed by atoms with Crippen molar-refractivity contribution in [1.29, 1.82) is 0 Å². The Morgan fingerprint density at radius 2 is 1.75 bits per heavy atom. The van der Waals surface area contributed by atoms with E-state index < -0.39 is 0 Å². The number of rotatable bonds is 5. The van der Waals surface area contributed by atoms with Gasteiger partial charge in [-0.05, 0) is 38.4 Å². The summed E-state index contributed by atoms with van der Waals surface area (Å²) in [5, 5.41) is 2.93. The Labute approximate surface area is 147 Å². The molecule has 0 aliphatic carbocycles. The van der Waals surface area contributed by atoms with Gasteiger partial charge in [-0.1, -0.05) is 30.3 Å². The van der Waals surface area contributed by atoms with E-state index in [-0.39, 0.29) is 18.3 Å². The summed E-state index contributed by atoms with van der Waals surface area (Å²) in [7, 11) is 4.06. The van der Waals surface area contributed by atoms with Gasteiger partial charge in [-0.2, -0.15) is 0 Å². The van der Waals surface area contributed by atoms with E-state index in [0.29, 0.717) is 11.5 Å². The molecule has 0 atom stereocenters. The minimum Gasteiger partial charge on any atom is -0.309 e. The first-order valence-corrected chi connectivity index (χ1v) is 7.61. The number of hydrogen-bond donors (Lipinski definition) is 1. The molecule has 0 aliphatic heterocycles. The molecule has 2 aromatic carbocycles. The number of aromatic nitrogens is 2. The van der Waals surface area contributed by atoms with E-state index in [9.17, 15) is 4.79 Å². The van der Waals surface area contributed by atoms with Crippen LogP contribution in [0.5, 0.6) is 0 Å². The third kappa shape index (κ3) is 3.93. The number of halogens is 1. The summed E-state index contributed by atoms with van der Waals surface area (Å²) in [5.41, 5.74) is 2.53. The summed E-state index contributed by atoms with van der Waals surface area (Å²) in [4.78, 5) is 19.1. The fraction of sp³-hybridized carbons (Fsp3) is 0.222. The van der Waals surface area contributed by atoms with Gasteiger partial charge in [0.2, 0.25) is 5.95 Å². The van der Waals surface area contributed by atoms with Crippen LogP contribution in [0.15, 0.2) is 54.6 Å². The number of anilines is 1. The van der Waals surface area contributed by atoms with Crippen molar-refractivity contribution < 1.29 is 4.79 Å². The topological polar surface area (TPSA) is 50.2 Å². The Balaban J connectivity index is 0.00000208. The molecule has 3 aromatic rings. The molecule has 0 spiro atoms. The lowest BCUT2D eigenvalue weighted by molar-refractivity contribution is 0.102. The van der Waals surface area contributed by atoms with E-state index in [1.807, 2.05) is 56.6 Å². The van der Waals surface area contributed by atoms with Crippen LogP contribution in [0.3, 0.4) is 0 Å². The lowest BCUT2D eigenvalue weighted by Gasteiger charge is -2.13. The Hall–Kier alpha value is -2.37. The first kappa shape index (κ1) is 18.0. The average Bonchev–Trinajstić information content (AvgIpc) is 2.90. The van der Waals surface area contributed by atoms with E-state index in [0.717, 1.165) is 24.1 Å². The molecule has 126 valence electrons. The summed E-state index contributed by atoms with van der Waals surface area (Å²) < 4.78 is 2.05. The molecule has 0 unspecified atom stereocenters. The van der Waals surface area contributed by atoms with Gasteiger partial charge in [0.1, 0.15) is 0 Å². The van der Waals surface area contributed by atoms with Crippen molar-refractivity contribution in [2.75, 3.05) is 26.0 Å². The molecular formula is C18H21ClN4O. The number of amides is 1. The highest BCUT2D eigenvalue weighted by molar-refractivity contribution is 6.04.